The van der Waals surface area contributed by atoms with Gasteiger partial charge >= 0.3 is 0 Å². The Bertz CT molecular complexity index is 4590. The molecule has 0 aliphatic carbocycles. The lowest BCUT2D eigenvalue weighted by molar-refractivity contribution is 1.09. The van der Waals surface area contributed by atoms with Crippen LogP contribution >= 0.6 is 0 Å². The van der Waals surface area contributed by atoms with Crippen molar-refractivity contribution in [1.82, 2.24) is 18.3 Å². The molecule has 15 rings (SSSR count). The molecule has 0 bridgehead atoms. The Hall–Kier alpha value is -9.38. The SMILES string of the molecule is c1ccc(-n2c3ccccc3n(-c3ccccc3)c3cc4c5cc(-n6c7ccccc7c7ccccc76)ccc5c5ccc(-n6c7ccccc7c7ccccc76)cc5c5ccccc5c4cc32)cc1. The van der Waals surface area contributed by atoms with Crippen molar-refractivity contribution in [3.8, 4) is 22.7 Å². The fraction of sp³-hybridized carbons (Fsp3) is 0. The van der Waals surface area contributed by atoms with Gasteiger partial charge in [0, 0.05) is 44.3 Å². The Morgan fingerprint density at radius 2 is 0.400 bits per heavy atom. The van der Waals surface area contributed by atoms with E-state index in [1.165, 1.54) is 86.7 Å². The van der Waals surface area contributed by atoms with E-state index in [0.717, 1.165) is 44.8 Å². The smallest absolute Gasteiger partial charge is 0.0709 e. The zero-order chi connectivity index (χ0) is 45.9. The van der Waals surface area contributed by atoms with Gasteiger partial charge in [-0.15, -0.1) is 0 Å². The number of hydrogen-bond donors (Lipinski definition) is 0. The van der Waals surface area contributed by atoms with E-state index in [1.807, 2.05) is 0 Å². The highest BCUT2D eigenvalue weighted by Crippen LogP contribution is 2.43. The topological polar surface area (TPSA) is 19.7 Å². The first-order valence-electron chi connectivity index (χ1n) is 24.1. The molecule has 0 spiro atoms. The Morgan fingerprint density at radius 3 is 0.786 bits per heavy atom. The molecule has 12 aromatic carbocycles. The van der Waals surface area contributed by atoms with Gasteiger partial charge in [0.15, 0.2) is 0 Å². The van der Waals surface area contributed by atoms with Crippen molar-refractivity contribution in [3.63, 3.8) is 0 Å². The molecule has 3 aromatic heterocycles. The van der Waals surface area contributed by atoms with Gasteiger partial charge in [-0.25, -0.2) is 0 Å². The number of rotatable bonds is 4. The summed E-state index contributed by atoms with van der Waals surface area (Å²) >= 11 is 0. The van der Waals surface area contributed by atoms with Crippen molar-refractivity contribution in [2.24, 2.45) is 0 Å². The summed E-state index contributed by atoms with van der Waals surface area (Å²) in [5.41, 5.74) is 13.7. The molecule has 15 aromatic rings. The van der Waals surface area contributed by atoms with Gasteiger partial charge in [-0.1, -0.05) is 158 Å². The standard InChI is InChI=1S/C66H42N4/c1-3-19-43(20-4-1)67-63-33-17-18-34-64(63)68(44-21-5-2-6-22-44)66-42-58-56-40-46(70-61-31-15-11-27-53(61)54-28-12-16-32-62(54)70)36-38-50(56)49-37-35-45(39-55(49)47-23-7-8-24-48(47)57(58)41-65(66)67)69-59-29-13-9-25-51(59)52-26-10-14-30-60(52)69/h1-42H. The maximum Gasteiger partial charge on any atom is 0.0709 e. The summed E-state index contributed by atoms with van der Waals surface area (Å²) in [6.07, 6.45) is 0. The molecular weight excluding hydrogens is 849 g/mol. The molecule has 0 amide bonds. The van der Waals surface area contributed by atoms with Gasteiger partial charge in [0.1, 0.15) is 0 Å². The van der Waals surface area contributed by atoms with E-state index < -0.39 is 0 Å². The molecule has 0 unspecified atom stereocenters. The third kappa shape index (κ3) is 5.59. The predicted molar refractivity (Wildman–Crippen MR) is 296 cm³/mol. The summed E-state index contributed by atoms with van der Waals surface area (Å²) < 4.78 is 9.80. The maximum atomic E-state index is 2.48. The lowest BCUT2D eigenvalue weighted by Gasteiger charge is -2.23. The molecule has 0 N–H and O–H groups in total. The van der Waals surface area contributed by atoms with Crippen LogP contribution in [0.5, 0.6) is 0 Å². The minimum atomic E-state index is 1.11. The molecule has 0 aliphatic rings. The Balaban J connectivity index is 1.17. The molecule has 0 atom stereocenters. The van der Waals surface area contributed by atoms with Crippen LogP contribution in [0.1, 0.15) is 0 Å². The van der Waals surface area contributed by atoms with Gasteiger partial charge in [-0.05, 0) is 140 Å². The molecule has 0 saturated heterocycles. The van der Waals surface area contributed by atoms with Gasteiger partial charge < -0.3 is 18.3 Å². The molecule has 4 heteroatoms. The Morgan fingerprint density at radius 1 is 0.143 bits per heavy atom. The van der Waals surface area contributed by atoms with Gasteiger partial charge in [0.05, 0.1) is 44.1 Å². The number of nitrogens with zero attached hydrogens (tertiary/aromatic N) is 4. The fourth-order valence-corrected chi connectivity index (χ4v) is 11.8. The second kappa shape index (κ2) is 15.1. The highest BCUT2D eigenvalue weighted by atomic mass is 15.1. The van der Waals surface area contributed by atoms with E-state index in [1.54, 1.807) is 0 Å². The highest BCUT2D eigenvalue weighted by Gasteiger charge is 2.20. The molecular formula is C66H42N4. The molecule has 0 radical (unpaired) electrons. The summed E-state index contributed by atoms with van der Waals surface area (Å²) in [6.45, 7) is 0. The van der Waals surface area contributed by atoms with Crippen molar-refractivity contribution >= 4 is 109 Å². The van der Waals surface area contributed by atoms with Crippen LogP contribution < -0.4 is 0 Å². The second-order valence-corrected chi connectivity index (χ2v) is 18.5. The van der Waals surface area contributed by atoms with Crippen molar-refractivity contribution in [2.75, 3.05) is 0 Å². The summed E-state index contributed by atoms with van der Waals surface area (Å²) in [5, 5.41) is 14.5. The number of aromatic nitrogens is 4. The van der Waals surface area contributed by atoms with E-state index in [9.17, 15) is 0 Å². The minimum absolute atomic E-state index is 1.11. The fourth-order valence-electron chi connectivity index (χ4n) is 11.8. The van der Waals surface area contributed by atoms with Crippen LogP contribution in [0, 0.1) is 0 Å². The predicted octanol–water partition coefficient (Wildman–Crippen LogP) is 17.5. The van der Waals surface area contributed by atoms with Crippen LogP contribution in [0.15, 0.2) is 255 Å². The second-order valence-electron chi connectivity index (χ2n) is 18.5. The number of fused-ring (bicyclic) bond motifs is 16. The van der Waals surface area contributed by atoms with Crippen molar-refractivity contribution in [2.45, 2.75) is 0 Å². The summed E-state index contributed by atoms with van der Waals surface area (Å²) in [7, 11) is 0. The summed E-state index contributed by atoms with van der Waals surface area (Å²) in [4.78, 5) is 0. The van der Waals surface area contributed by atoms with Gasteiger partial charge in [0.25, 0.3) is 0 Å². The number of para-hydroxylation sites is 8. The maximum absolute atomic E-state index is 2.48. The Labute approximate surface area is 402 Å². The average Bonchev–Trinajstić information content (AvgIpc) is 3.95. The monoisotopic (exact) mass is 890 g/mol. The van der Waals surface area contributed by atoms with E-state index in [4.69, 9.17) is 0 Å². The normalized spacial score (nSPS) is 12.0. The molecule has 0 fully saturated rings. The number of benzene rings is 11. The largest absolute Gasteiger partial charge is 0.309 e. The van der Waals surface area contributed by atoms with E-state index in [2.05, 4.69) is 273 Å². The Kier molecular flexibility index (Phi) is 8.33. The molecule has 3 heterocycles. The molecule has 4 nitrogen and oxygen atoms in total. The quantitative estimate of drug-likeness (QED) is 0.157. The lowest BCUT2D eigenvalue weighted by Crippen LogP contribution is -2.08. The first-order valence-corrected chi connectivity index (χ1v) is 24.1. The van der Waals surface area contributed by atoms with Crippen LogP contribution in [0.4, 0.5) is 0 Å². The van der Waals surface area contributed by atoms with Crippen LogP contribution in [-0.2, 0) is 0 Å². The summed E-state index contributed by atoms with van der Waals surface area (Å²) in [6, 6.07) is 94.0. The molecule has 0 saturated carbocycles. The number of hydrogen-bond acceptors (Lipinski definition) is 0. The third-order valence-electron chi connectivity index (χ3n) is 14.8. The highest BCUT2D eigenvalue weighted by molar-refractivity contribution is 6.28. The zero-order valence-corrected chi connectivity index (χ0v) is 38.0. The molecule has 326 valence electrons. The van der Waals surface area contributed by atoms with Crippen LogP contribution in [-0.4, -0.2) is 18.3 Å². The van der Waals surface area contributed by atoms with Crippen molar-refractivity contribution < 1.29 is 0 Å². The molecule has 0 aliphatic heterocycles. The van der Waals surface area contributed by atoms with Crippen LogP contribution in [0.2, 0.25) is 0 Å². The van der Waals surface area contributed by atoms with Gasteiger partial charge in [0.2, 0.25) is 0 Å². The van der Waals surface area contributed by atoms with Crippen LogP contribution in [0.25, 0.3) is 132 Å². The van der Waals surface area contributed by atoms with Crippen molar-refractivity contribution in [3.05, 3.63) is 255 Å². The zero-order valence-electron chi connectivity index (χ0n) is 38.0. The minimum Gasteiger partial charge on any atom is -0.309 e. The van der Waals surface area contributed by atoms with Crippen molar-refractivity contribution in [1.29, 1.82) is 0 Å². The average molecular weight is 891 g/mol. The molecule has 70 heavy (non-hydrogen) atoms. The van der Waals surface area contributed by atoms with Gasteiger partial charge in [-0.3, -0.25) is 0 Å². The van der Waals surface area contributed by atoms with E-state index >= 15 is 0 Å². The van der Waals surface area contributed by atoms with E-state index in [0.29, 0.717) is 0 Å². The third-order valence-corrected chi connectivity index (χ3v) is 14.8. The first-order chi connectivity index (χ1) is 34.8. The van der Waals surface area contributed by atoms with Crippen LogP contribution in [0.3, 0.4) is 0 Å². The van der Waals surface area contributed by atoms with Gasteiger partial charge in [-0.2, -0.15) is 0 Å². The van der Waals surface area contributed by atoms with E-state index in [-0.39, 0.29) is 0 Å². The lowest BCUT2D eigenvalue weighted by atomic mass is 9.93. The summed E-state index contributed by atoms with van der Waals surface area (Å²) in [5.74, 6) is 0. The first kappa shape index (κ1) is 38.7.